The van der Waals surface area contributed by atoms with E-state index in [-0.39, 0.29) is 5.82 Å². The molecular weight excluding hydrogens is 233 g/mol. The van der Waals surface area contributed by atoms with Crippen LogP contribution in [0.2, 0.25) is 0 Å². The molecule has 0 aliphatic heterocycles. The van der Waals surface area contributed by atoms with E-state index in [0.717, 1.165) is 10.5 Å². The van der Waals surface area contributed by atoms with Gasteiger partial charge in [0.15, 0.2) is 0 Å². The van der Waals surface area contributed by atoms with Gasteiger partial charge >= 0.3 is 0 Å². The summed E-state index contributed by atoms with van der Waals surface area (Å²) in [6.45, 7) is 0.674. The predicted octanol–water partition coefficient (Wildman–Crippen LogP) is 3.70. The van der Waals surface area contributed by atoms with Gasteiger partial charge < -0.3 is 5.32 Å². The Labute approximate surface area is 105 Å². The molecule has 2 rings (SSSR count). The molecule has 0 unspecified atom stereocenters. The highest BCUT2D eigenvalue weighted by Gasteiger charge is 2.09. The van der Waals surface area contributed by atoms with E-state index < -0.39 is 0 Å². The molecule has 1 nitrogen and oxygen atoms in total. The first-order valence-corrected chi connectivity index (χ1v) is 6.28. The summed E-state index contributed by atoms with van der Waals surface area (Å²) in [7, 11) is 1.86. The van der Waals surface area contributed by atoms with Crippen LogP contribution in [0.3, 0.4) is 0 Å². The number of rotatable bonds is 4. The van der Waals surface area contributed by atoms with Gasteiger partial charge in [-0.3, -0.25) is 0 Å². The first kappa shape index (κ1) is 12.1. The Morgan fingerprint density at radius 1 is 1.06 bits per heavy atom. The van der Waals surface area contributed by atoms with Crippen LogP contribution in [0.15, 0.2) is 58.3 Å². The zero-order chi connectivity index (χ0) is 12.1. The maximum absolute atomic E-state index is 13.8. The zero-order valence-corrected chi connectivity index (χ0v) is 10.4. The summed E-state index contributed by atoms with van der Waals surface area (Å²) in [5.41, 5.74) is 0.987. The highest BCUT2D eigenvalue weighted by molar-refractivity contribution is 7.99. The molecule has 0 heterocycles. The summed E-state index contributed by atoms with van der Waals surface area (Å²) in [5, 5.41) is 3.06. The molecule has 0 aliphatic carbocycles. The van der Waals surface area contributed by atoms with Gasteiger partial charge in [0.1, 0.15) is 5.82 Å². The second-order valence-electron chi connectivity index (χ2n) is 3.67. The Morgan fingerprint density at radius 3 is 2.53 bits per heavy atom. The fourth-order valence-electron chi connectivity index (χ4n) is 1.60. The number of hydrogen-bond acceptors (Lipinski definition) is 2. The molecule has 2 aromatic rings. The van der Waals surface area contributed by atoms with Crippen LogP contribution in [0.4, 0.5) is 4.39 Å². The molecule has 0 fully saturated rings. The summed E-state index contributed by atoms with van der Waals surface area (Å²) in [6.07, 6.45) is 0. The Morgan fingerprint density at radius 2 is 1.82 bits per heavy atom. The van der Waals surface area contributed by atoms with Crippen molar-refractivity contribution in [2.24, 2.45) is 0 Å². The summed E-state index contributed by atoms with van der Waals surface area (Å²) in [5.74, 6) is -0.161. The zero-order valence-electron chi connectivity index (χ0n) is 9.61. The Kier molecular flexibility index (Phi) is 4.18. The Bertz CT molecular complexity index is 485. The monoisotopic (exact) mass is 247 g/mol. The van der Waals surface area contributed by atoms with Gasteiger partial charge in [-0.15, -0.1) is 0 Å². The van der Waals surface area contributed by atoms with Crippen LogP contribution in [0.1, 0.15) is 5.56 Å². The molecule has 0 aromatic heterocycles. The van der Waals surface area contributed by atoms with Gasteiger partial charge in [0.25, 0.3) is 0 Å². The molecule has 0 radical (unpaired) electrons. The van der Waals surface area contributed by atoms with Gasteiger partial charge in [-0.1, -0.05) is 42.1 Å². The van der Waals surface area contributed by atoms with Crippen molar-refractivity contribution < 1.29 is 4.39 Å². The molecule has 0 bridgehead atoms. The standard InChI is InChI=1S/C14H14FNS/c1-16-10-11-6-5-9-13(15)14(11)17-12-7-3-2-4-8-12/h2-9,16H,10H2,1H3. The summed E-state index contributed by atoms with van der Waals surface area (Å²) < 4.78 is 13.8. The van der Waals surface area contributed by atoms with Crippen molar-refractivity contribution in [3.8, 4) is 0 Å². The van der Waals surface area contributed by atoms with E-state index in [1.165, 1.54) is 17.8 Å². The van der Waals surface area contributed by atoms with Crippen molar-refractivity contribution in [3.63, 3.8) is 0 Å². The minimum atomic E-state index is -0.161. The fourth-order valence-corrected chi connectivity index (χ4v) is 2.57. The summed E-state index contributed by atoms with van der Waals surface area (Å²) in [6, 6.07) is 15.1. The maximum Gasteiger partial charge on any atom is 0.137 e. The first-order chi connectivity index (χ1) is 8.31. The van der Waals surface area contributed by atoms with Crippen molar-refractivity contribution in [2.45, 2.75) is 16.3 Å². The molecule has 0 aliphatic rings. The molecule has 17 heavy (non-hydrogen) atoms. The van der Waals surface area contributed by atoms with Gasteiger partial charge in [0, 0.05) is 11.4 Å². The molecule has 0 atom stereocenters. The number of nitrogens with one attached hydrogen (secondary N) is 1. The van der Waals surface area contributed by atoms with Crippen LogP contribution >= 0.6 is 11.8 Å². The van der Waals surface area contributed by atoms with Crippen molar-refractivity contribution in [3.05, 3.63) is 59.9 Å². The summed E-state index contributed by atoms with van der Waals surface area (Å²) in [4.78, 5) is 1.75. The lowest BCUT2D eigenvalue weighted by Gasteiger charge is -2.09. The lowest BCUT2D eigenvalue weighted by Crippen LogP contribution is -2.06. The lowest BCUT2D eigenvalue weighted by molar-refractivity contribution is 0.594. The van der Waals surface area contributed by atoms with E-state index >= 15 is 0 Å². The van der Waals surface area contributed by atoms with Crippen molar-refractivity contribution in [2.75, 3.05) is 7.05 Å². The SMILES string of the molecule is CNCc1cccc(F)c1Sc1ccccc1. The molecule has 0 saturated carbocycles. The van der Waals surface area contributed by atoms with Gasteiger partial charge in [-0.2, -0.15) is 0 Å². The molecule has 2 aromatic carbocycles. The van der Waals surface area contributed by atoms with E-state index in [1.807, 2.05) is 43.4 Å². The van der Waals surface area contributed by atoms with E-state index in [4.69, 9.17) is 0 Å². The Hall–Kier alpha value is -1.32. The smallest absolute Gasteiger partial charge is 0.137 e. The molecule has 0 amide bonds. The minimum Gasteiger partial charge on any atom is -0.316 e. The predicted molar refractivity (Wildman–Crippen MR) is 69.7 cm³/mol. The molecule has 1 N–H and O–H groups in total. The maximum atomic E-state index is 13.8. The van der Waals surface area contributed by atoms with E-state index in [2.05, 4.69) is 5.32 Å². The fraction of sp³-hybridized carbons (Fsp3) is 0.143. The number of benzene rings is 2. The van der Waals surface area contributed by atoms with Gasteiger partial charge in [0.05, 0.1) is 4.90 Å². The van der Waals surface area contributed by atoms with Crippen molar-refractivity contribution in [1.29, 1.82) is 0 Å². The number of halogens is 1. The minimum absolute atomic E-state index is 0.161. The van der Waals surface area contributed by atoms with E-state index in [1.54, 1.807) is 6.07 Å². The highest BCUT2D eigenvalue weighted by atomic mass is 32.2. The normalized spacial score (nSPS) is 10.5. The third kappa shape index (κ3) is 3.08. The highest BCUT2D eigenvalue weighted by Crippen LogP contribution is 2.32. The molecular formula is C14H14FNS. The molecule has 0 spiro atoms. The topological polar surface area (TPSA) is 12.0 Å². The summed E-state index contributed by atoms with van der Waals surface area (Å²) >= 11 is 1.47. The molecule has 3 heteroatoms. The first-order valence-electron chi connectivity index (χ1n) is 5.46. The van der Waals surface area contributed by atoms with Gasteiger partial charge in [0.2, 0.25) is 0 Å². The van der Waals surface area contributed by atoms with Crippen LogP contribution < -0.4 is 5.32 Å². The van der Waals surface area contributed by atoms with Crippen molar-refractivity contribution >= 4 is 11.8 Å². The van der Waals surface area contributed by atoms with Gasteiger partial charge in [-0.05, 0) is 30.8 Å². The quantitative estimate of drug-likeness (QED) is 0.884. The Balaban J connectivity index is 2.31. The van der Waals surface area contributed by atoms with E-state index in [0.29, 0.717) is 11.4 Å². The average Bonchev–Trinajstić information content (AvgIpc) is 2.35. The van der Waals surface area contributed by atoms with E-state index in [9.17, 15) is 4.39 Å². The third-order valence-corrected chi connectivity index (χ3v) is 3.55. The van der Waals surface area contributed by atoms with Crippen LogP contribution in [-0.4, -0.2) is 7.05 Å². The molecule has 0 saturated heterocycles. The van der Waals surface area contributed by atoms with Crippen LogP contribution in [-0.2, 0) is 6.54 Å². The molecule has 88 valence electrons. The average molecular weight is 247 g/mol. The largest absolute Gasteiger partial charge is 0.316 e. The third-order valence-electron chi connectivity index (χ3n) is 2.38. The van der Waals surface area contributed by atoms with Crippen molar-refractivity contribution in [1.82, 2.24) is 5.32 Å². The lowest BCUT2D eigenvalue weighted by atomic mass is 10.2. The van der Waals surface area contributed by atoms with Gasteiger partial charge in [-0.25, -0.2) is 4.39 Å². The van der Waals surface area contributed by atoms with Crippen LogP contribution in [0.25, 0.3) is 0 Å². The number of hydrogen-bond donors (Lipinski definition) is 1. The van der Waals surface area contributed by atoms with Crippen LogP contribution in [0.5, 0.6) is 0 Å². The van der Waals surface area contributed by atoms with Crippen LogP contribution in [0, 0.1) is 5.82 Å². The second kappa shape index (κ2) is 5.84. The second-order valence-corrected chi connectivity index (χ2v) is 4.76.